The minimum absolute atomic E-state index is 0.692. The van der Waals surface area contributed by atoms with Crippen molar-refractivity contribution < 1.29 is 0 Å². The highest BCUT2D eigenvalue weighted by molar-refractivity contribution is 7.15. The molecule has 1 aromatic heterocycles. The van der Waals surface area contributed by atoms with Gasteiger partial charge in [0.15, 0.2) is 0 Å². The molecule has 0 aromatic carbocycles. The number of aromatic nitrogens is 2. The summed E-state index contributed by atoms with van der Waals surface area (Å²) in [6.45, 7) is 6.87. The van der Waals surface area contributed by atoms with Crippen LogP contribution in [0.1, 0.15) is 17.8 Å². The molecule has 0 bridgehead atoms. The van der Waals surface area contributed by atoms with Crippen LogP contribution in [0, 0.1) is 5.92 Å². The first-order valence-electron chi connectivity index (χ1n) is 6.57. The standard InChI is InChI=1S/C11H20N6S/c12-13-11-15-14-10(18-11)8-17-5-3-16(4-6-17)7-9-1-2-9/h9H,1-8,12H2,(H,13,15). The SMILES string of the molecule is NNc1nnc(CN2CCN(CC3CC3)CC2)s1. The summed E-state index contributed by atoms with van der Waals surface area (Å²) in [5.74, 6) is 6.30. The molecule has 1 aliphatic carbocycles. The van der Waals surface area contributed by atoms with Crippen molar-refractivity contribution in [1.82, 2.24) is 20.0 Å². The van der Waals surface area contributed by atoms with Gasteiger partial charge in [0.05, 0.1) is 6.54 Å². The van der Waals surface area contributed by atoms with Gasteiger partial charge in [0, 0.05) is 32.7 Å². The molecule has 6 nitrogen and oxygen atoms in total. The maximum atomic E-state index is 5.30. The number of nitrogens with one attached hydrogen (secondary N) is 1. The first kappa shape index (κ1) is 12.3. The molecule has 0 radical (unpaired) electrons. The van der Waals surface area contributed by atoms with E-state index in [1.54, 1.807) is 0 Å². The van der Waals surface area contributed by atoms with E-state index in [0.29, 0.717) is 5.13 Å². The van der Waals surface area contributed by atoms with E-state index in [1.165, 1.54) is 43.8 Å². The predicted molar refractivity (Wildman–Crippen MR) is 72.2 cm³/mol. The average Bonchev–Trinajstić information content (AvgIpc) is 3.09. The number of hydrogen-bond acceptors (Lipinski definition) is 7. The summed E-state index contributed by atoms with van der Waals surface area (Å²) in [4.78, 5) is 5.05. The zero-order valence-electron chi connectivity index (χ0n) is 10.5. The lowest BCUT2D eigenvalue weighted by atomic mass is 10.3. The topological polar surface area (TPSA) is 70.3 Å². The number of rotatable bonds is 5. The van der Waals surface area contributed by atoms with Crippen LogP contribution in [0.15, 0.2) is 0 Å². The Morgan fingerprint density at radius 3 is 2.50 bits per heavy atom. The number of hydrazine groups is 1. The molecule has 100 valence electrons. The second-order valence-electron chi connectivity index (χ2n) is 5.17. The highest BCUT2D eigenvalue weighted by Crippen LogP contribution is 2.30. The van der Waals surface area contributed by atoms with Crippen LogP contribution >= 0.6 is 11.3 Å². The summed E-state index contributed by atoms with van der Waals surface area (Å²) >= 11 is 1.53. The summed E-state index contributed by atoms with van der Waals surface area (Å²) in [5, 5.41) is 9.82. The molecule has 3 N–H and O–H groups in total. The third-order valence-corrected chi connectivity index (χ3v) is 4.47. The Hall–Kier alpha value is -0.760. The molecule has 7 heteroatoms. The zero-order chi connectivity index (χ0) is 12.4. The van der Waals surface area contributed by atoms with Gasteiger partial charge in [0.2, 0.25) is 5.13 Å². The van der Waals surface area contributed by atoms with Crippen LogP contribution in [0.3, 0.4) is 0 Å². The van der Waals surface area contributed by atoms with Crippen LogP contribution in [0.5, 0.6) is 0 Å². The summed E-state index contributed by atoms with van der Waals surface area (Å²) < 4.78 is 0. The third-order valence-electron chi connectivity index (χ3n) is 3.63. The lowest BCUT2D eigenvalue weighted by Gasteiger charge is -2.34. The maximum Gasteiger partial charge on any atom is 0.219 e. The molecule has 1 saturated heterocycles. The van der Waals surface area contributed by atoms with Gasteiger partial charge in [-0.05, 0) is 18.8 Å². The van der Waals surface area contributed by atoms with Crippen molar-refractivity contribution in [3.8, 4) is 0 Å². The Kier molecular flexibility index (Phi) is 3.74. The molecule has 2 heterocycles. The van der Waals surface area contributed by atoms with E-state index in [1.807, 2.05) is 0 Å². The van der Waals surface area contributed by atoms with Crippen LogP contribution in [0.4, 0.5) is 5.13 Å². The Labute approximate surface area is 111 Å². The van der Waals surface area contributed by atoms with Crippen molar-refractivity contribution in [2.24, 2.45) is 11.8 Å². The van der Waals surface area contributed by atoms with Gasteiger partial charge >= 0.3 is 0 Å². The number of nitrogens with two attached hydrogens (primary N) is 1. The Morgan fingerprint density at radius 1 is 1.17 bits per heavy atom. The van der Waals surface area contributed by atoms with Crippen LogP contribution in [-0.4, -0.2) is 52.7 Å². The van der Waals surface area contributed by atoms with Crippen molar-refractivity contribution in [3.63, 3.8) is 0 Å². The summed E-state index contributed by atoms with van der Waals surface area (Å²) in [6, 6.07) is 0. The number of anilines is 1. The van der Waals surface area contributed by atoms with Gasteiger partial charge in [0.1, 0.15) is 5.01 Å². The van der Waals surface area contributed by atoms with Crippen LogP contribution < -0.4 is 11.3 Å². The van der Waals surface area contributed by atoms with E-state index < -0.39 is 0 Å². The van der Waals surface area contributed by atoms with Gasteiger partial charge in [-0.25, -0.2) is 5.84 Å². The second-order valence-corrected chi connectivity index (χ2v) is 6.23. The normalized spacial score (nSPS) is 22.3. The second kappa shape index (κ2) is 5.48. The Balaban J connectivity index is 1.44. The molecular weight excluding hydrogens is 248 g/mol. The molecule has 0 amide bonds. The lowest BCUT2D eigenvalue weighted by molar-refractivity contribution is 0.123. The van der Waals surface area contributed by atoms with E-state index in [4.69, 9.17) is 5.84 Å². The minimum atomic E-state index is 0.692. The number of hydrogen-bond donors (Lipinski definition) is 2. The molecule has 2 aliphatic rings. The van der Waals surface area contributed by atoms with Gasteiger partial charge < -0.3 is 4.90 Å². The lowest BCUT2D eigenvalue weighted by Crippen LogP contribution is -2.46. The fraction of sp³-hybridized carbons (Fsp3) is 0.818. The van der Waals surface area contributed by atoms with Gasteiger partial charge in [-0.3, -0.25) is 10.3 Å². The molecular formula is C11H20N6S. The molecule has 0 atom stereocenters. The fourth-order valence-electron chi connectivity index (χ4n) is 2.36. The van der Waals surface area contributed by atoms with E-state index in [2.05, 4.69) is 25.4 Å². The quantitative estimate of drug-likeness (QED) is 0.593. The van der Waals surface area contributed by atoms with Crippen LogP contribution in [-0.2, 0) is 6.54 Å². The van der Waals surface area contributed by atoms with Crippen molar-refractivity contribution in [3.05, 3.63) is 5.01 Å². The first-order chi connectivity index (χ1) is 8.83. The van der Waals surface area contributed by atoms with E-state index in [9.17, 15) is 0 Å². The predicted octanol–water partition coefficient (Wildman–Crippen LogP) is 0.351. The summed E-state index contributed by atoms with van der Waals surface area (Å²) in [5.41, 5.74) is 2.54. The maximum absolute atomic E-state index is 5.30. The first-order valence-corrected chi connectivity index (χ1v) is 7.39. The van der Waals surface area contributed by atoms with Crippen molar-refractivity contribution in [2.75, 3.05) is 38.1 Å². The smallest absolute Gasteiger partial charge is 0.219 e. The van der Waals surface area contributed by atoms with E-state index in [0.717, 1.165) is 30.6 Å². The zero-order valence-corrected chi connectivity index (χ0v) is 11.3. The molecule has 0 unspecified atom stereocenters. The van der Waals surface area contributed by atoms with Crippen molar-refractivity contribution in [2.45, 2.75) is 19.4 Å². The highest BCUT2D eigenvalue weighted by Gasteiger charge is 2.26. The molecule has 3 rings (SSSR count). The highest BCUT2D eigenvalue weighted by atomic mass is 32.1. The number of nitrogens with zero attached hydrogens (tertiary/aromatic N) is 4. The molecule has 1 aromatic rings. The fourth-order valence-corrected chi connectivity index (χ4v) is 3.06. The third kappa shape index (κ3) is 3.17. The molecule has 2 fully saturated rings. The molecule has 18 heavy (non-hydrogen) atoms. The van der Waals surface area contributed by atoms with E-state index in [-0.39, 0.29) is 0 Å². The number of piperazine rings is 1. The summed E-state index contributed by atoms with van der Waals surface area (Å²) in [7, 11) is 0. The Morgan fingerprint density at radius 2 is 1.89 bits per heavy atom. The van der Waals surface area contributed by atoms with Crippen LogP contribution in [0.2, 0.25) is 0 Å². The molecule has 1 aliphatic heterocycles. The minimum Gasteiger partial charge on any atom is -0.301 e. The van der Waals surface area contributed by atoms with Crippen molar-refractivity contribution in [1.29, 1.82) is 0 Å². The van der Waals surface area contributed by atoms with Gasteiger partial charge in [-0.2, -0.15) is 0 Å². The van der Waals surface area contributed by atoms with E-state index >= 15 is 0 Å². The van der Waals surface area contributed by atoms with Crippen molar-refractivity contribution >= 4 is 16.5 Å². The summed E-state index contributed by atoms with van der Waals surface area (Å²) in [6.07, 6.45) is 2.89. The number of nitrogen functional groups attached to an aromatic ring is 1. The Bertz CT molecular complexity index is 383. The molecule has 1 saturated carbocycles. The molecule has 0 spiro atoms. The van der Waals surface area contributed by atoms with Gasteiger partial charge in [-0.15, -0.1) is 10.2 Å². The van der Waals surface area contributed by atoms with Crippen LogP contribution in [0.25, 0.3) is 0 Å². The monoisotopic (exact) mass is 268 g/mol. The average molecular weight is 268 g/mol. The largest absolute Gasteiger partial charge is 0.301 e. The van der Waals surface area contributed by atoms with Gasteiger partial charge in [0.25, 0.3) is 0 Å². The van der Waals surface area contributed by atoms with Gasteiger partial charge in [-0.1, -0.05) is 11.3 Å².